The van der Waals surface area contributed by atoms with Gasteiger partial charge in [-0.15, -0.1) is 0 Å². The number of hydrogen-bond acceptors (Lipinski definition) is 5. The zero-order valence-corrected chi connectivity index (χ0v) is 26.2. The number of anilines is 1. The second kappa shape index (κ2) is 15.6. The summed E-state index contributed by atoms with van der Waals surface area (Å²) in [5.41, 5.74) is 2.12. The SMILES string of the molecule is CC[C@H](C)NC(=O)[C@@H](Cc1ccccc1)N(Cc1ccccc1Cl)C(=O)CCCN(c1ccc(OC)cc1)S(C)(=O)=O. The molecule has 10 heteroatoms. The minimum Gasteiger partial charge on any atom is -0.497 e. The molecule has 0 saturated carbocycles. The highest BCUT2D eigenvalue weighted by molar-refractivity contribution is 7.92. The van der Waals surface area contributed by atoms with E-state index in [0.717, 1.165) is 23.8 Å². The summed E-state index contributed by atoms with van der Waals surface area (Å²) in [5, 5.41) is 3.55. The van der Waals surface area contributed by atoms with E-state index >= 15 is 0 Å². The summed E-state index contributed by atoms with van der Waals surface area (Å²) in [6.45, 7) is 4.15. The van der Waals surface area contributed by atoms with E-state index in [2.05, 4.69) is 5.32 Å². The maximum absolute atomic E-state index is 13.9. The fourth-order valence-electron chi connectivity index (χ4n) is 4.56. The lowest BCUT2D eigenvalue weighted by Crippen LogP contribution is -2.52. The van der Waals surface area contributed by atoms with Gasteiger partial charge in [0.2, 0.25) is 21.8 Å². The number of nitrogens with zero attached hydrogens (tertiary/aromatic N) is 2. The van der Waals surface area contributed by atoms with Crippen molar-refractivity contribution in [2.45, 2.75) is 58.2 Å². The summed E-state index contributed by atoms with van der Waals surface area (Å²) in [6.07, 6.45) is 2.49. The molecule has 0 aliphatic carbocycles. The van der Waals surface area contributed by atoms with E-state index in [1.807, 2.05) is 62.4 Å². The Bertz CT molecular complexity index is 1420. The maximum Gasteiger partial charge on any atom is 0.243 e. The molecule has 0 bridgehead atoms. The third-order valence-corrected chi connectivity index (χ3v) is 8.65. The number of ether oxygens (including phenoxy) is 1. The van der Waals surface area contributed by atoms with Gasteiger partial charge >= 0.3 is 0 Å². The molecule has 0 radical (unpaired) electrons. The predicted molar refractivity (Wildman–Crippen MR) is 168 cm³/mol. The van der Waals surface area contributed by atoms with Crippen LogP contribution in [0.3, 0.4) is 0 Å². The lowest BCUT2D eigenvalue weighted by Gasteiger charge is -2.33. The predicted octanol–water partition coefficient (Wildman–Crippen LogP) is 5.45. The van der Waals surface area contributed by atoms with Gasteiger partial charge in [0.15, 0.2) is 0 Å². The van der Waals surface area contributed by atoms with Gasteiger partial charge in [-0.25, -0.2) is 8.42 Å². The average molecular weight is 614 g/mol. The minimum atomic E-state index is -3.61. The van der Waals surface area contributed by atoms with Gasteiger partial charge in [-0.1, -0.05) is 67.1 Å². The quantitative estimate of drug-likeness (QED) is 0.246. The van der Waals surface area contributed by atoms with Crippen LogP contribution in [-0.2, 0) is 32.6 Å². The van der Waals surface area contributed by atoms with E-state index in [0.29, 0.717) is 22.9 Å². The molecule has 0 spiro atoms. The van der Waals surface area contributed by atoms with Gasteiger partial charge in [-0.05, 0) is 61.2 Å². The highest BCUT2D eigenvalue weighted by atomic mass is 35.5. The van der Waals surface area contributed by atoms with Crippen LogP contribution in [-0.4, -0.2) is 57.1 Å². The topological polar surface area (TPSA) is 96.0 Å². The van der Waals surface area contributed by atoms with E-state index in [1.54, 1.807) is 35.2 Å². The summed E-state index contributed by atoms with van der Waals surface area (Å²) in [7, 11) is -2.07. The van der Waals surface area contributed by atoms with Crippen LogP contribution in [0.4, 0.5) is 5.69 Å². The number of benzene rings is 3. The second-order valence-corrected chi connectivity index (χ2v) is 12.6. The molecule has 226 valence electrons. The highest BCUT2D eigenvalue weighted by Gasteiger charge is 2.31. The van der Waals surface area contributed by atoms with E-state index < -0.39 is 16.1 Å². The molecule has 0 unspecified atom stereocenters. The second-order valence-electron chi connectivity index (χ2n) is 10.3. The Hall–Kier alpha value is -3.56. The van der Waals surface area contributed by atoms with Crippen molar-refractivity contribution in [1.29, 1.82) is 0 Å². The summed E-state index contributed by atoms with van der Waals surface area (Å²) in [5.74, 6) is 0.0978. The van der Waals surface area contributed by atoms with Crippen LogP contribution in [0.1, 0.15) is 44.2 Å². The van der Waals surface area contributed by atoms with Crippen LogP contribution in [0, 0.1) is 0 Å². The van der Waals surface area contributed by atoms with E-state index in [-0.39, 0.29) is 43.8 Å². The van der Waals surface area contributed by atoms with Crippen LogP contribution in [0.15, 0.2) is 78.9 Å². The highest BCUT2D eigenvalue weighted by Crippen LogP contribution is 2.24. The Balaban J connectivity index is 1.89. The maximum atomic E-state index is 13.9. The third-order valence-electron chi connectivity index (χ3n) is 7.08. The standard InChI is InChI=1S/C32H40ClN3O5S/c1-5-24(2)34-32(38)30(22-25-12-7-6-8-13-25)35(23-26-14-9-10-15-29(26)33)31(37)16-11-21-36(42(4,39)40)27-17-19-28(41-3)20-18-27/h6-10,12-15,17-20,24,30H,5,11,16,21-23H2,1-4H3,(H,34,38)/t24-,30+/m0/s1. The summed E-state index contributed by atoms with van der Waals surface area (Å²) in [6, 6.07) is 22.7. The van der Waals surface area contributed by atoms with Gasteiger partial charge in [0.25, 0.3) is 0 Å². The number of halogens is 1. The molecule has 42 heavy (non-hydrogen) atoms. The molecule has 3 aromatic rings. The molecular weight excluding hydrogens is 574 g/mol. The average Bonchev–Trinajstić information content (AvgIpc) is 2.97. The van der Waals surface area contributed by atoms with Gasteiger partial charge in [0.05, 0.1) is 19.1 Å². The fourth-order valence-corrected chi connectivity index (χ4v) is 5.72. The van der Waals surface area contributed by atoms with Crippen LogP contribution in [0.5, 0.6) is 5.75 Å². The number of nitrogens with one attached hydrogen (secondary N) is 1. The number of rotatable bonds is 15. The van der Waals surface area contributed by atoms with Crippen LogP contribution < -0.4 is 14.4 Å². The number of carbonyl (C=O) groups excluding carboxylic acids is 2. The summed E-state index contributed by atoms with van der Waals surface area (Å²) in [4.78, 5) is 29.1. The van der Waals surface area contributed by atoms with Gasteiger partial charge < -0.3 is 15.0 Å². The van der Waals surface area contributed by atoms with Crippen molar-refractivity contribution in [2.24, 2.45) is 0 Å². The molecule has 0 aromatic heterocycles. The van der Waals surface area contributed by atoms with Gasteiger partial charge in [-0.3, -0.25) is 13.9 Å². The van der Waals surface area contributed by atoms with Crippen molar-refractivity contribution in [2.75, 3.05) is 24.2 Å². The Morgan fingerprint density at radius 1 is 0.976 bits per heavy atom. The van der Waals surface area contributed by atoms with Crippen molar-refractivity contribution in [3.05, 3.63) is 95.0 Å². The summed E-state index contributed by atoms with van der Waals surface area (Å²) >= 11 is 6.49. The van der Waals surface area contributed by atoms with Crippen molar-refractivity contribution >= 4 is 39.1 Å². The van der Waals surface area contributed by atoms with Crippen molar-refractivity contribution in [3.63, 3.8) is 0 Å². The van der Waals surface area contributed by atoms with Crippen LogP contribution in [0.2, 0.25) is 5.02 Å². The number of hydrogen-bond donors (Lipinski definition) is 1. The van der Waals surface area contributed by atoms with Crippen molar-refractivity contribution < 1.29 is 22.7 Å². The van der Waals surface area contributed by atoms with E-state index in [4.69, 9.17) is 16.3 Å². The Morgan fingerprint density at radius 3 is 2.21 bits per heavy atom. The minimum absolute atomic E-state index is 0.0362. The Morgan fingerprint density at radius 2 is 1.62 bits per heavy atom. The fraction of sp³-hybridized carbons (Fsp3) is 0.375. The van der Waals surface area contributed by atoms with Gasteiger partial charge in [0.1, 0.15) is 11.8 Å². The normalized spacial score (nSPS) is 12.7. The molecule has 1 N–H and O–H groups in total. The number of sulfonamides is 1. The zero-order valence-electron chi connectivity index (χ0n) is 24.6. The molecule has 2 amide bonds. The summed E-state index contributed by atoms with van der Waals surface area (Å²) < 4.78 is 31.7. The first-order valence-electron chi connectivity index (χ1n) is 14.0. The zero-order chi connectivity index (χ0) is 30.7. The largest absolute Gasteiger partial charge is 0.497 e. The third kappa shape index (κ3) is 9.49. The Labute approximate surface area is 254 Å². The first kappa shape index (κ1) is 32.9. The molecule has 8 nitrogen and oxygen atoms in total. The van der Waals surface area contributed by atoms with Crippen LogP contribution >= 0.6 is 11.6 Å². The van der Waals surface area contributed by atoms with E-state index in [9.17, 15) is 18.0 Å². The van der Waals surface area contributed by atoms with Crippen molar-refractivity contribution in [3.8, 4) is 5.75 Å². The molecule has 0 saturated heterocycles. The number of methoxy groups -OCH3 is 1. The van der Waals surface area contributed by atoms with Gasteiger partial charge in [0, 0.05) is 37.0 Å². The molecule has 3 aromatic carbocycles. The molecule has 0 aliphatic heterocycles. The molecule has 0 fully saturated rings. The smallest absolute Gasteiger partial charge is 0.243 e. The lowest BCUT2D eigenvalue weighted by atomic mass is 10.0. The molecule has 0 aliphatic rings. The monoisotopic (exact) mass is 613 g/mol. The van der Waals surface area contributed by atoms with Gasteiger partial charge in [-0.2, -0.15) is 0 Å². The Kier molecular flexibility index (Phi) is 12.2. The van der Waals surface area contributed by atoms with Crippen molar-refractivity contribution in [1.82, 2.24) is 10.2 Å². The number of amides is 2. The first-order valence-corrected chi connectivity index (χ1v) is 16.2. The molecule has 2 atom stereocenters. The van der Waals surface area contributed by atoms with E-state index in [1.165, 1.54) is 11.4 Å². The molecular formula is C32H40ClN3O5S. The lowest BCUT2D eigenvalue weighted by molar-refractivity contribution is -0.141. The van der Waals surface area contributed by atoms with Crippen LogP contribution in [0.25, 0.3) is 0 Å². The molecule has 0 heterocycles. The molecule has 3 rings (SSSR count). The first-order chi connectivity index (χ1) is 20.0. The number of carbonyl (C=O) groups is 2.